The molecule has 0 saturated heterocycles. The Balaban J connectivity index is 2.12. The quantitative estimate of drug-likeness (QED) is 0.822. The molecule has 2 aromatic rings. The lowest BCUT2D eigenvalue weighted by molar-refractivity contribution is 0.203. The molecule has 0 aliphatic carbocycles. The van der Waals surface area contributed by atoms with Gasteiger partial charge in [0.25, 0.3) is 0 Å². The van der Waals surface area contributed by atoms with Crippen LogP contribution >= 0.6 is 0 Å². The molecular weight excluding hydrogens is 260 g/mol. The van der Waals surface area contributed by atoms with Gasteiger partial charge >= 0.3 is 0 Å². The molecule has 112 valence electrons. The number of rotatable bonds is 6. The van der Waals surface area contributed by atoms with Gasteiger partial charge in [0.1, 0.15) is 5.75 Å². The van der Waals surface area contributed by atoms with Gasteiger partial charge in [-0.15, -0.1) is 0 Å². The van der Waals surface area contributed by atoms with Crippen molar-refractivity contribution in [2.75, 3.05) is 12.8 Å². The second-order valence-corrected chi connectivity index (χ2v) is 5.60. The lowest BCUT2D eigenvalue weighted by atomic mass is 10.1. The second-order valence-electron chi connectivity index (χ2n) is 5.60. The summed E-state index contributed by atoms with van der Waals surface area (Å²) in [6.45, 7) is 6.21. The Morgan fingerprint density at radius 2 is 1.62 bits per heavy atom. The van der Waals surface area contributed by atoms with Gasteiger partial charge in [-0.05, 0) is 49.2 Å². The van der Waals surface area contributed by atoms with E-state index in [4.69, 9.17) is 10.5 Å². The van der Waals surface area contributed by atoms with Crippen LogP contribution in [0.15, 0.2) is 48.5 Å². The molecule has 0 aromatic heterocycles. The molecule has 0 aliphatic heterocycles. The van der Waals surface area contributed by atoms with Crippen LogP contribution < -0.4 is 10.5 Å². The molecule has 0 atom stereocenters. The van der Waals surface area contributed by atoms with Gasteiger partial charge in [-0.25, -0.2) is 0 Å². The van der Waals surface area contributed by atoms with E-state index >= 15 is 0 Å². The van der Waals surface area contributed by atoms with Crippen molar-refractivity contribution in [1.29, 1.82) is 0 Å². The fourth-order valence-corrected chi connectivity index (χ4v) is 2.35. The monoisotopic (exact) mass is 284 g/mol. The summed E-state index contributed by atoms with van der Waals surface area (Å²) < 4.78 is 5.30. The summed E-state index contributed by atoms with van der Waals surface area (Å²) in [6.07, 6.45) is 0. The van der Waals surface area contributed by atoms with Gasteiger partial charge in [-0.1, -0.05) is 24.3 Å². The number of anilines is 1. The largest absolute Gasteiger partial charge is 0.497 e. The van der Waals surface area contributed by atoms with Crippen molar-refractivity contribution >= 4 is 5.69 Å². The lowest BCUT2D eigenvalue weighted by Crippen LogP contribution is -2.29. The molecule has 3 heteroatoms. The van der Waals surface area contributed by atoms with Crippen LogP contribution in [-0.2, 0) is 13.1 Å². The Morgan fingerprint density at radius 1 is 1.00 bits per heavy atom. The summed E-state index contributed by atoms with van der Waals surface area (Å²) in [6, 6.07) is 16.8. The van der Waals surface area contributed by atoms with Gasteiger partial charge in [0.05, 0.1) is 7.11 Å². The maximum atomic E-state index is 5.87. The van der Waals surface area contributed by atoms with Crippen LogP contribution in [0, 0.1) is 0 Å². The van der Waals surface area contributed by atoms with Crippen LogP contribution in [0.5, 0.6) is 5.75 Å². The molecule has 0 fully saturated rings. The number of nitrogens with zero attached hydrogens (tertiary/aromatic N) is 1. The predicted molar refractivity (Wildman–Crippen MR) is 88.2 cm³/mol. The molecular formula is C18H24N2O. The zero-order valence-corrected chi connectivity index (χ0v) is 13.0. The van der Waals surface area contributed by atoms with E-state index in [1.807, 2.05) is 30.3 Å². The van der Waals surface area contributed by atoms with E-state index in [0.29, 0.717) is 6.04 Å². The number of hydrogen-bond donors (Lipinski definition) is 1. The minimum atomic E-state index is 0.456. The molecule has 2 aromatic carbocycles. The van der Waals surface area contributed by atoms with Crippen molar-refractivity contribution in [2.45, 2.75) is 33.0 Å². The van der Waals surface area contributed by atoms with Crippen LogP contribution in [0.1, 0.15) is 25.0 Å². The van der Waals surface area contributed by atoms with Gasteiger partial charge < -0.3 is 10.5 Å². The van der Waals surface area contributed by atoms with E-state index in [-0.39, 0.29) is 0 Å². The van der Waals surface area contributed by atoms with Crippen LogP contribution in [0.25, 0.3) is 0 Å². The first-order chi connectivity index (χ1) is 10.1. The fourth-order valence-electron chi connectivity index (χ4n) is 2.35. The van der Waals surface area contributed by atoms with E-state index in [9.17, 15) is 0 Å². The van der Waals surface area contributed by atoms with Gasteiger partial charge in [0.2, 0.25) is 0 Å². The third-order valence-electron chi connectivity index (χ3n) is 3.59. The number of nitrogens with two attached hydrogens (primary N) is 1. The van der Waals surface area contributed by atoms with Crippen molar-refractivity contribution in [3.05, 3.63) is 59.7 Å². The van der Waals surface area contributed by atoms with Gasteiger partial charge in [0, 0.05) is 24.8 Å². The van der Waals surface area contributed by atoms with Gasteiger partial charge in [-0.3, -0.25) is 4.90 Å². The topological polar surface area (TPSA) is 38.5 Å². The van der Waals surface area contributed by atoms with E-state index < -0.39 is 0 Å². The number of ether oxygens (including phenoxy) is 1. The number of methoxy groups -OCH3 is 1. The average molecular weight is 284 g/mol. The Morgan fingerprint density at radius 3 is 2.19 bits per heavy atom. The maximum Gasteiger partial charge on any atom is 0.119 e. The summed E-state index contributed by atoms with van der Waals surface area (Å²) in [5.74, 6) is 0.903. The minimum absolute atomic E-state index is 0.456. The minimum Gasteiger partial charge on any atom is -0.497 e. The van der Waals surface area contributed by atoms with Gasteiger partial charge in [-0.2, -0.15) is 0 Å². The highest BCUT2D eigenvalue weighted by Gasteiger charge is 2.11. The molecule has 0 bridgehead atoms. The molecule has 0 unspecified atom stereocenters. The average Bonchev–Trinajstić information content (AvgIpc) is 2.47. The van der Waals surface area contributed by atoms with Crippen LogP contribution in [0.2, 0.25) is 0 Å². The first-order valence-corrected chi connectivity index (χ1v) is 7.30. The highest BCUT2D eigenvalue weighted by molar-refractivity contribution is 5.40. The fraction of sp³-hybridized carbons (Fsp3) is 0.333. The van der Waals surface area contributed by atoms with Crippen molar-refractivity contribution < 1.29 is 4.74 Å². The number of nitrogen functional groups attached to an aromatic ring is 1. The molecule has 21 heavy (non-hydrogen) atoms. The van der Waals surface area contributed by atoms with E-state index in [2.05, 4.69) is 36.9 Å². The Bertz CT molecular complexity index is 581. The molecule has 3 nitrogen and oxygen atoms in total. The normalized spacial score (nSPS) is 11.1. The zero-order chi connectivity index (χ0) is 15.2. The van der Waals surface area contributed by atoms with Gasteiger partial charge in [0.15, 0.2) is 0 Å². The second kappa shape index (κ2) is 7.14. The highest BCUT2D eigenvalue weighted by Crippen LogP contribution is 2.18. The molecule has 2 N–H and O–H groups in total. The molecule has 0 radical (unpaired) electrons. The van der Waals surface area contributed by atoms with Crippen molar-refractivity contribution in [2.24, 2.45) is 0 Å². The molecule has 0 spiro atoms. The molecule has 0 amide bonds. The van der Waals surface area contributed by atoms with Crippen LogP contribution in [-0.4, -0.2) is 18.1 Å². The maximum absolute atomic E-state index is 5.87. The summed E-state index contributed by atoms with van der Waals surface area (Å²) in [7, 11) is 1.70. The van der Waals surface area contributed by atoms with E-state index in [1.54, 1.807) is 7.11 Å². The Labute approximate surface area is 127 Å². The molecule has 0 aliphatic rings. The lowest BCUT2D eigenvalue weighted by Gasteiger charge is -2.27. The van der Waals surface area contributed by atoms with Crippen molar-refractivity contribution in [3.8, 4) is 5.75 Å². The first kappa shape index (κ1) is 15.4. The summed E-state index contributed by atoms with van der Waals surface area (Å²) in [4.78, 5) is 2.42. The van der Waals surface area contributed by atoms with E-state index in [0.717, 1.165) is 24.5 Å². The van der Waals surface area contributed by atoms with E-state index in [1.165, 1.54) is 11.1 Å². The van der Waals surface area contributed by atoms with Crippen LogP contribution in [0.3, 0.4) is 0 Å². The summed E-state index contributed by atoms with van der Waals surface area (Å²) in [5.41, 5.74) is 9.18. The number of benzene rings is 2. The molecule has 2 rings (SSSR count). The molecule has 0 saturated carbocycles. The predicted octanol–water partition coefficient (Wildman–Crippen LogP) is 3.69. The smallest absolute Gasteiger partial charge is 0.119 e. The Hall–Kier alpha value is -2.00. The van der Waals surface area contributed by atoms with Crippen molar-refractivity contribution in [1.82, 2.24) is 4.90 Å². The Kier molecular flexibility index (Phi) is 5.23. The highest BCUT2D eigenvalue weighted by atomic mass is 16.5. The van der Waals surface area contributed by atoms with Crippen LogP contribution in [0.4, 0.5) is 5.69 Å². The third-order valence-corrected chi connectivity index (χ3v) is 3.59. The SMILES string of the molecule is COc1cccc(CN(Cc2cccc(N)c2)C(C)C)c1. The summed E-state index contributed by atoms with van der Waals surface area (Å²) >= 11 is 0. The third kappa shape index (κ3) is 4.50. The molecule has 0 heterocycles. The van der Waals surface area contributed by atoms with Crippen molar-refractivity contribution in [3.63, 3.8) is 0 Å². The first-order valence-electron chi connectivity index (χ1n) is 7.30. The summed E-state index contributed by atoms with van der Waals surface area (Å²) in [5, 5.41) is 0. The number of hydrogen-bond acceptors (Lipinski definition) is 3. The zero-order valence-electron chi connectivity index (χ0n) is 13.0. The standard InChI is InChI=1S/C18H24N2O/c1-14(2)20(12-15-6-4-8-17(19)10-15)13-16-7-5-9-18(11-16)21-3/h4-11,14H,12-13,19H2,1-3H3.